The van der Waals surface area contributed by atoms with Crippen LogP contribution in [0.5, 0.6) is 0 Å². The minimum atomic E-state index is 0.143. The highest BCUT2D eigenvalue weighted by molar-refractivity contribution is 5.75. The van der Waals surface area contributed by atoms with Crippen molar-refractivity contribution in [1.29, 1.82) is 0 Å². The Kier molecular flexibility index (Phi) is 2.85. The second-order valence-corrected chi connectivity index (χ2v) is 2.87. The van der Waals surface area contributed by atoms with Gasteiger partial charge in [0.25, 0.3) is 0 Å². The Balaban J connectivity index is 2.32. The first kappa shape index (κ1) is 8.77. The van der Waals surface area contributed by atoms with Crippen LogP contribution in [0.2, 0.25) is 0 Å². The van der Waals surface area contributed by atoms with Gasteiger partial charge in [0, 0.05) is 32.4 Å². The van der Waals surface area contributed by atoms with Crippen molar-refractivity contribution in [1.82, 2.24) is 14.9 Å². The highest BCUT2D eigenvalue weighted by atomic mass is 16.2. The molecular weight excluding hydrogens is 154 g/mol. The summed E-state index contributed by atoms with van der Waals surface area (Å²) in [5.74, 6) is 0.143. The molecule has 66 valence electrons. The molecule has 0 fully saturated rings. The van der Waals surface area contributed by atoms with Crippen LogP contribution >= 0.6 is 0 Å². The van der Waals surface area contributed by atoms with Crippen LogP contribution in [0.25, 0.3) is 0 Å². The van der Waals surface area contributed by atoms with Crippen LogP contribution in [-0.4, -0.2) is 34.9 Å². The predicted molar refractivity (Wildman–Crippen MR) is 45.6 cm³/mol. The third-order valence-electron chi connectivity index (χ3n) is 1.66. The van der Waals surface area contributed by atoms with E-state index in [0.717, 1.165) is 12.1 Å². The third kappa shape index (κ3) is 2.38. The van der Waals surface area contributed by atoms with E-state index in [1.54, 1.807) is 31.5 Å². The van der Waals surface area contributed by atoms with Crippen molar-refractivity contribution in [2.75, 3.05) is 14.1 Å². The molecule has 0 spiro atoms. The SMILES string of the molecule is CN(C)C(=O)CCc1cnc[nH]1. The Labute approximate surface area is 71.6 Å². The lowest BCUT2D eigenvalue weighted by Gasteiger charge is -2.08. The van der Waals surface area contributed by atoms with Gasteiger partial charge in [-0.25, -0.2) is 4.98 Å². The first-order valence-electron chi connectivity index (χ1n) is 3.87. The highest BCUT2D eigenvalue weighted by Gasteiger charge is 2.03. The molecule has 1 aromatic rings. The molecule has 0 atom stereocenters. The molecule has 1 aromatic heterocycles. The van der Waals surface area contributed by atoms with Gasteiger partial charge in [-0.3, -0.25) is 4.79 Å². The molecule has 0 saturated carbocycles. The summed E-state index contributed by atoms with van der Waals surface area (Å²) in [5, 5.41) is 0. The lowest BCUT2D eigenvalue weighted by molar-refractivity contribution is -0.128. The van der Waals surface area contributed by atoms with Gasteiger partial charge in [0.2, 0.25) is 5.91 Å². The number of amides is 1. The Morgan fingerprint density at radius 1 is 1.67 bits per heavy atom. The normalized spacial score (nSPS) is 9.83. The van der Waals surface area contributed by atoms with E-state index < -0.39 is 0 Å². The summed E-state index contributed by atoms with van der Waals surface area (Å²) in [6.07, 6.45) is 4.63. The quantitative estimate of drug-likeness (QED) is 0.709. The van der Waals surface area contributed by atoms with E-state index in [4.69, 9.17) is 0 Å². The van der Waals surface area contributed by atoms with E-state index in [-0.39, 0.29) is 5.91 Å². The van der Waals surface area contributed by atoms with Crippen molar-refractivity contribution in [2.45, 2.75) is 12.8 Å². The van der Waals surface area contributed by atoms with E-state index in [9.17, 15) is 4.79 Å². The van der Waals surface area contributed by atoms with Crippen LogP contribution in [-0.2, 0) is 11.2 Å². The molecule has 1 N–H and O–H groups in total. The van der Waals surface area contributed by atoms with Gasteiger partial charge < -0.3 is 9.88 Å². The van der Waals surface area contributed by atoms with Gasteiger partial charge in [-0.1, -0.05) is 0 Å². The van der Waals surface area contributed by atoms with Gasteiger partial charge in [0.1, 0.15) is 0 Å². The maximum atomic E-state index is 11.1. The first-order chi connectivity index (χ1) is 5.70. The topological polar surface area (TPSA) is 49.0 Å². The fraction of sp³-hybridized carbons (Fsp3) is 0.500. The Bertz CT molecular complexity index is 241. The summed E-state index contributed by atoms with van der Waals surface area (Å²) in [6.45, 7) is 0. The van der Waals surface area contributed by atoms with Crippen molar-refractivity contribution >= 4 is 5.91 Å². The van der Waals surface area contributed by atoms with Crippen LogP contribution in [0, 0.1) is 0 Å². The summed E-state index contributed by atoms with van der Waals surface area (Å²) in [5.41, 5.74) is 1.00. The number of nitrogens with one attached hydrogen (secondary N) is 1. The molecule has 0 saturated heterocycles. The minimum Gasteiger partial charge on any atom is -0.349 e. The number of nitrogens with zero attached hydrogens (tertiary/aromatic N) is 2. The molecule has 12 heavy (non-hydrogen) atoms. The van der Waals surface area contributed by atoms with Crippen molar-refractivity contribution in [3.8, 4) is 0 Å². The van der Waals surface area contributed by atoms with Crippen LogP contribution in [0.1, 0.15) is 12.1 Å². The molecule has 0 radical (unpaired) electrons. The number of imidazole rings is 1. The standard InChI is InChI=1S/C8H13N3O/c1-11(2)8(12)4-3-7-5-9-6-10-7/h5-6H,3-4H2,1-2H3,(H,9,10). The summed E-state index contributed by atoms with van der Waals surface area (Å²) in [4.78, 5) is 19.5. The predicted octanol–water partition coefficient (Wildman–Crippen LogP) is 0.430. The number of hydrogen-bond acceptors (Lipinski definition) is 2. The lowest BCUT2D eigenvalue weighted by atomic mass is 10.2. The summed E-state index contributed by atoms with van der Waals surface area (Å²) >= 11 is 0. The molecule has 0 bridgehead atoms. The second kappa shape index (κ2) is 3.90. The number of carbonyl (C=O) groups excluding carboxylic acids is 1. The molecular formula is C8H13N3O. The monoisotopic (exact) mass is 167 g/mol. The fourth-order valence-electron chi connectivity index (χ4n) is 0.887. The van der Waals surface area contributed by atoms with Crippen LogP contribution in [0.15, 0.2) is 12.5 Å². The molecule has 4 heteroatoms. The molecule has 1 rings (SSSR count). The zero-order valence-electron chi connectivity index (χ0n) is 7.37. The molecule has 0 unspecified atom stereocenters. The van der Waals surface area contributed by atoms with E-state index in [2.05, 4.69) is 9.97 Å². The van der Waals surface area contributed by atoms with Gasteiger partial charge in [-0.15, -0.1) is 0 Å². The van der Waals surface area contributed by atoms with Crippen molar-refractivity contribution in [3.63, 3.8) is 0 Å². The molecule has 1 heterocycles. The highest BCUT2D eigenvalue weighted by Crippen LogP contribution is 1.98. The summed E-state index contributed by atoms with van der Waals surface area (Å²) < 4.78 is 0. The van der Waals surface area contributed by atoms with Gasteiger partial charge in [-0.2, -0.15) is 0 Å². The lowest BCUT2D eigenvalue weighted by Crippen LogP contribution is -2.21. The number of aryl methyl sites for hydroxylation is 1. The van der Waals surface area contributed by atoms with Gasteiger partial charge in [0.05, 0.1) is 6.33 Å². The third-order valence-corrected chi connectivity index (χ3v) is 1.66. The van der Waals surface area contributed by atoms with E-state index in [1.165, 1.54) is 0 Å². The van der Waals surface area contributed by atoms with E-state index >= 15 is 0 Å². The molecule has 0 aliphatic carbocycles. The van der Waals surface area contributed by atoms with E-state index in [1.807, 2.05) is 0 Å². The number of hydrogen-bond donors (Lipinski definition) is 1. The second-order valence-electron chi connectivity index (χ2n) is 2.87. The number of aromatic amines is 1. The summed E-state index contributed by atoms with van der Waals surface area (Å²) in [6, 6.07) is 0. The Morgan fingerprint density at radius 2 is 2.42 bits per heavy atom. The maximum absolute atomic E-state index is 11.1. The number of aromatic nitrogens is 2. The smallest absolute Gasteiger partial charge is 0.222 e. The van der Waals surface area contributed by atoms with Crippen molar-refractivity contribution < 1.29 is 4.79 Å². The first-order valence-corrected chi connectivity index (χ1v) is 3.87. The maximum Gasteiger partial charge on any atom is 0.222 e. The molecule has 0 aromatic carbocycles. The van der Waals surface area contributed by atoms with Crippen molar-refractivity contribution in [3.05, 3.63) is 18.2 Å². The average Bonchev–Trinajstić information content (AvgIpc) is 2.51. The minimum absolute atomic E-state index is 0.143. The van der Waals surface area contributed by atoms with Crippen LogP contribution in [0.3, 0.4) is 0 Å². The molecule has 0 aliphatic rings. The van der Waals surface area contributed by atoms with Crippen molar-refractivity contribution in [2.24, 2.45) is 0 Å². The average molecular weight is 167 g/mol. The Morgan fingerprint density at radius 3 is 2.92 bits per heavy atom. The number of carbonyl (C=O) groups is 1. The zero-order valence-corrected chi connectivity index (χ0v) is 7.37. The molecule has 0 aliphatic heterocycles. The zero-order chi connectivity index (χ0) is 8.97. The number of H-pyrrole nitrogens is 1. The number of rotatable bonds is 3. The van der Waals surface area contributed by atoms with Crippen LogP contribution in [0.4, 0.5) is 0 Å². The van der Waals surface area contributed by atoms with Crippen LogP contribution < -0.4 is 0 Å². The van der Waals surface area contributed by atoms with E-state index in [0.29, 0.717) is 6.42 Å². The van der Waals surface area contributed by atoms with Gasteiger partial charge >= 0.3 is 0 Å². The largest absolute Gasteiger partial charge is 0.349 e. The van der Waals surface area contributed by atoms with Gasteiger partial charge in [0.15, 0.2) is 0 Å². The molecule has 4 nitrogen and oxygen atoms in total. The Hall–Kier alpha value is -1.32. The van der Waals surface area contributed by atoms with Gasteiger partial charge in [-0.05, 0) is 6.42 Å². The fourth-order valence-corrected chi connectivity index (χ4v) is 0.887. The summed E-state index contributed by atoms with van der Waals surface area (Å²) in [7, 11) is 3.52. The molecule has 1 amide bonds.